The first kappa shape index (κ1) is 18.3. The van der Waals surface area contributed by atoms with Crippen molar-refractivity contribution in [1.82, 2.24) is 10.6 Å². The van der Waals surface area contributed by atoms with Crippen LogP contribution in [0.25, 0.3) is 0 Å². The Bertz CT molecular complexity index is 543. The van der Waals surface area contributed by atoms with Gasteiger partial charge in [0, 0.05) is 6.54 Å². The molecule has 0 aromatic heterocycles. The summed E-state index contributed by atoms with van der Waals surface area (Å²) in [5.74, 6) is -0.645. The van der Waals surface area contributed by atoms with Gasteiger partial charge in [0.15, 0.2) is 0 Å². The van der Waals surface area contributed by atoms with Gasteiger partial charge in [0.25, 0.3) is 0 Å². The average Bonchev–Trinajstić information content (AvgIpc) is 2.58. The van der Waals surface area contributed by atoms with Crippen molar-refractivity contribution in [2.24, 2.45) is 0 Å². The van der Waals surface area contributed by atoms with Crippen LogP contribution < -0.4 is 15.4 Å². The highest BCUT2D eigenvalue weighted by atomic mass is 16.5. The summed E-state index contributed by atoms with van der Waals surface area (Å²) >= 11 is 0. The number of ether oxygens (including phenoxy) is 3. The third-order valence-electron chi connectivity index (χ3n) is 3.00. The van der Waals surface area contributed by atoms with Gasteiger partial charge in [-0.3, -0.25) is 4.79 Å². The van der Waals surface area contributed by atoms with Crippen molar-refractivity contribution in [3.05, 3.63) is 29.8 Å². The fraction of sp³-hybridized carbons (Fsp3) is 0.400. The highest BCUT2D eigenvalue weighted by Crippen LogP contribution is 2.10. The molecular weight excluding hydrogens is 304 g/mol. The molecule has 2 N–H and O–H groups in total. The van der Waals surface area contributed by atoms with Crippen molar-refractivity contribution in [2.75, 3.05) is 21.3 Å². The Morgan fingerprint density at radius 1 is 1.04 bits per heavy atom. The molecule has 0 aliphatic rings. The van der Waals surface area contributed by atoms with Crippen molar-refractivity contribution in [2.45, 2.75) is 19.0 Å². The van der Waals surface area contributed by atoms with E-state index in [1.54, 1.807) is 31.4 Å². The number of hydrogen-bond donors (Lipinski definition) is 2. The van der Waals surface area contributed by atoms with E-state index in [4.69, 9.17) is 4.74 Å². The van der Waals surface area contributed by atoms with E-state index in [2.05, 4.69) is 20.1 Å². The fourth-order valence-corrected chi connectivity index (χ4v) is 1.72. The Hall–Kier alpha value is -2.77. The number of amides is 2. The summed E-state index contributed by atoms with van der Waals surface area (Å²) in [5.41, 5.74) is 0.850. The maximum atomic E-state index is 11.8. The molecule has 126 valence electrons. The van der Waals surface area contributed by atoms with E-state index < -0.39 is 24.0 Å². The van der Waals surface area contributed by atoms with E-state index in [9.17, 15) is 14.4 Å². The number of carbonyl (C=O) groups excluding carboxylic acids is 3. The summed E-state index contributed by atoms with van der Waals surface area (Å²) in [6.45, 7) is 0.252. The molecule has 0 fully saturated rings. The van der Waals surface area contributed by atoms with Crippen LogP contribution in [0, 0.1) is 0 Å². The van der Waals surface area contributed by atoms with E-state index in [1.165, 1.54) is 14.2 Å². The smallest absolute Gasteiger partial charge is 0.329 e. The summed E-state index contributed by atoms with van der Waals surface area (Å²) in [6.07, 6.45) is -0.306. The lowest BCUT2D eigenvalue weighted by molar-refractivity contribution is -0.149. The molecule has 2 amide bonds. The van der Waals surface area contributed by atoms with Crippen molar-refractivity contribution >= 4 is 18.0 Å². The summed E-state index contributed by atoms with van der Waals surface area (Å²) in [5, 5.41) is 4.96. The largest absolute Gasteiger partial charge is 0.497 e. The van der Waals surface area contributed by atoms with Gasteiger partial charge in [-0.25, -0.2) is 9.59 Å². The normalized spacial score (nSPS) is 11.1. The second-order valence-corrected chi connectivity index (χ2v) is 4.53. The molecule has 0 aliphatic carbocycles. The first-order valence-electron chi connectivity index (χ1n) is 6.82. The van der Waals surface area contributed by atoms with Crippen LogP contribution in [-0.2, 0) is 25.6 Å². The van der Waals surface area contributed by atoms with E-state index in [1.807, 2.05) is 0 Å². The number of esters is 2. The monoisotopic (exact) mass is 324 g/mol. The molecule has 0 bridgehead atoms. The van der Waals surface area contributed by atoms with E-state index in [0.29, 0.717) is 5.75 Å². The molecule has 0 spiro atoms. The van der Waals surface area contributed by atoms with Crippen LogP contribution in [-0.4, -0.2) is 45.3 Å². The minimum Gasteiger partial charge on any atom is -0.497 e. The molecule has 23 heavy (non-hydrogen) atoms. The number of nitrogens with one attached hydrogen (secondary N) is 2. The predicted molar refractivity (Wildman–Crippen MR) is 80.8 cm³/mol. The second kappa shape index (κ2) is 9.29. The molecule has 8 heteroatoms. The third-order valence-corrected chi connectivity index (χ3v) is 3.00. The molecule has 0 unspecified atom stereocenters. The molecule has 0 saturated heterocycles. The van der Waals surface area contributed by atoms with Crippen LogP contribution in [0.4, 0.5) is 4.79 Å². The molecule has 1 aromatic carbocycles. The number of rotatable bonds is 7. The van der Waals surface area contributed by atoms with Gasteiger partial charge in [-0.1, -0.05) is 12.1 Å². The maximum Gasteiger partial charge on any atom is 0.329 e. The zero-order chi connectivity index (χ0) is 17.2. The Morgan fingerprint density at radius 3 is 2.22 bits per heavy atom. The number of hydrogen-bond acceptors (Lipinski definition) is 6. The zero-order valence-corrected chi connectivity index (χ0v) is 13.3. The Labute approximate surface area is 134 Å². The van der Waals surface area contributed by atoms with Gasteiger partial charge in [0.05, 0.1) is 27.8 Å². The fourth-order valence-electron chi connectivity index (χ4n) is 1.72. The molecule has 0 radical (unpaired) electrons. The third kappa shape index (κ3) is 6.25. The molecule has 8 nitrogen and oxygen atoms in total. The lowest BCUT2D eigenvalue weighted by Gasteiger charge is -2.16. The Balaban J connectivity index is 2.53. The van der Waals surface area contributed by atoms with Crippen LogP contribution in [0.5, 0.6) is 5.75 Å². The van der Waals surface area contributed by atoms with Gasteiger partial charge >= 0.3 is 18.0 Å². The van der Waals surface area contributed by atoms with Crippen LogP contribution in [0.3, 0.4) is 0 Å². The minimum atomic E-state index is -1.11. The predicted octanol–water partition coefficient (Wildman–Crippen LogP) is 0.599. The SMILES string of the molecule is COC(=O)C[C@@H](NC(=O)NCc1ccc(OC)cc1)C(=O)OC. The zero-order valence-electron chi connectivity index (χ0n) is 13.3. The molecule has 1 aromatic rings. The van der Waals surface area contributed by atoms with Gasteiger partial charge in [0.1, 0.15) is 11.8 Å². The molecule has 0 aliphatic heterocycles. The summed E-state index contributed by atoms with van der Waals surface area (Å²) in [6, 6.07) is 5.42. The minimum absolute atomic E-state index is 0.252. The van der Waals surface area contributed by atoms with Crippen molar-refractivity contribution in [3.63, 3.8) is 0 Å². The van der Waals surface area contributed by atoms with Crippen LogP contribution in [0.1, 0.15) is 12.0 Å². The van der Waals surface area contributed by atoms with Crippen LogP contribution >= 0.6 is 0 Å². The summed E-state index contributed by atoms with van der Waals surface area (Å²) in [7, 11) is 3.93. The molecule has 1 atom stereocenters. The van der Waals surface area contributed by atoms with E-state index >= 15 is 0 Å². The topological polar surface area (TPSA) is 103 Å². The Kier molecular flexibility index (Phi) is 7.38. The van der Waals surface area contributed by atoms with Crippen LogP contribution in [0.15, 0.2) is 24.3 Å². The molecule has 0 heterocycles. The van der Waals surface area contributed by atoms with Crippen molar-refractivity contribution in [3.8, 4) is 5.75 Å². The van der Waals surface area contributed by atoms with E-state index in [0.717, 1.165) is 5.56 Å². The van der Waals surface area contributed by atoms with Gasteiger partial charge in [-0.15, -0.1) is 0 Å². The number of benzene rings is 1. The maximum absolute atomic E-state index is 11.8. The van der Waals surface area contributed by atoms with Gasteiger partial charge in [-0.05, 0) is 17.7 Å². The number of methoxy groups -OCH3 is 3. The van der Waals surface area contributed by atoms with Crippen molar-refractivity contribution < 1.29 is 28.6 Å². The highest BCUT2D eigenvalue weighted by molar-refractivity contribution is 5.87. The van der Waals surface area contributed by atoms with Crippen LogP contribution in [0.2, 0.25) is 0 Å². The summed E-state index contributed by atoms with van der Waals surface area (Å²) in [4.78, 5) is 34.6. The number of urea groups is 1. The van der Waals surface area contributed by atoms with Gasteiger partial charge in [0.2, 0.25) is 0 Å². The van der Waals surface area contributed by atoms with Gasteiger partial charge in [-0.2, -0.15) is 0 Å². The molecular formula is C15H20N2O6. The number of carbonyl (C=O) groups is 3. The standard InChI is InChI=1S/C15H20N2O6/c1-21-11-6-4-10(5-7-11)9-16-15(20)17-12(14(19)23-3)8-13(18)22-2/h4-7,12H,8-9H2,1-3H3,(H2,16,17,20)/t12-/m1/s1. The lowest BCUT2D eigenvalue weighted by atomic mass is 10.2. The van der Waals surface area contributed by atoms with Crippen molar-refractivity contribution in [1.29, 1.82) is 0 Å². The van der Waals surface area contributed by atoms with E-state index in [-0.39, 0.29) is 13.0 Å². The first-order valence-corrected chi connectivity index (χ1v) is 6.82. The Morgan fingerprint density at radius 2 is 1.70 bits per heavy atom. The highest BCUT2D eigenvalue weighted by Gasteiger charge is 2.24. The lowest BCUT2D eigenvalue weighted by Crippen LogP contribution is -2.47. The molecule has 1 rings (SSSR count). The average molecular weight is 324 g/mol. The first-order chi connectivity index (χ1) is 11.0. The summed E-state index contributed by atoms with van der Waals surface area (Å²) < 4.78 is 14.1. The quantitative estimate of drug-likeness (QED) is 0.712. The second-order valence-electron chi connectivity index (χ2n) is 4.53. The van der Waals surface area contributed by atoms with Gasteiger partial charge < -0.3 is 24.8 Å². The molecule has 0 saturated carbocycles.